The monoisotopic (exact) mass is 215 g/mol. The molecule has 3 unspecified atom stereocenters. The average Bonchev–Trinajstić information content (AvgIpc) is 2.67. The Labute approximate surface area is 99.0 Å². The zero-order valence-corrected chi connectivity index (χ0v) is 10.3. The smallest absolute Gasteiger partial charge is 0.0446 e. The van der Waals surface area contributed by atoms with Gasteiger partial charge in [-0.15, -0.1) is 6.42 Å². The molecule has 0 bridgehead atoms. The van der Waals surface area contributed by atoms with E-state index in [-0.39, 0.29) is 0 Å². The topological polar surface area (TPSA) is 12.0 Å². The van der Waals surface area contributed by atoms with Gasteiger partial charge in [0, 0.05) is 5.92 Å². The van der Waals surface area contributed by atoms with Gasteiger partial charge >= 0.3 is 0 Å². The molecule has 2 rings (SSSR count). The van der Waals surface area contributed by atoms with Crippen LogP contribution in [-0.2, 0) is 0 Å². The summed E-state index contributed by atoms with van der Waals surface area (Å²) in [4.78, 5) is 0. The van der Waals surface area contributed by atoms with Crippen LogP contribution in [0.5, 0.6) is 0 Å². The van der Waals surface area contributed by atoms with Crippen molar-refractivity contribution in [2.45, 2.75) is 26.2 Å². The van der Waals surface area contributed by atoms with E-state index >= 15 is 0 Å². The number of terminal acetylenes is 1. The normalized spacial score (nSPS) is 32.7. The first-order valence-corrected chi connectivity index (χ1v) is 6.29. The summed E-state index contributed by atoms with van der Waals surface area (Å²) < 4.78 is 0. The summed E-state index contributed by atoms with van der Waals surface area (Å²) >= 11 is 0. The van der Waals surface area contributed by atoms with E-state index in [9.17, 15) is 0 Å². The van der Waals surface area contributed by atoms with E-state index < -0.39 is 0 Å². The fraction of sp³-hybridized carbons (Fsp3) is 0.600. The molecule has 2 aliphatic rings. The molecule has 0 saturated heterocycles. The predicted molar refractivity (Wildman–Crippen MR) is 68.9 cm³/mol. The zero-order valence-electron chi connectivity index (χ0n) is 10.3. The summed E-state index contributed by atoms with van der Waals surface area (Å²) in [5.74, 6) is 4.49. The van der Waals surface area contributed by atoms with Crippen molar-refractivity contribution in [2.24, 2.45) is 17.8 Å². The van der Waals surface area contributed by atoms with Crippen molar-refractivity contribution in [1.82, 2.24) is 5.32 Å². The minimum atomic E-state index is 0.321. The van der Waals surface area contributed by atoms with Crippen molar-refractivity contribution >= 4 is 0 Å². The van der Waals surface area contributed by atoms with Gasteiger partial charge in [0.15, 0.2) is 0 Å². The molecule has 86 valence electrons. The SMILES string of the molecule is C#CC1C=C2CCC(CCNC)C2=CC1C. The van der Waals surface area contributed by atoms with Crippen molar-refractivity contribution in [3.63, 3.8) is 0 Å². The lowest BCUT2D eigenvalue weighted by Gasteiger charge is -2.22. The second-order valence-corrected chi connectivity index (χ2v) is 4.99. The molecule has 0 radical (unpaired) electrons. The van der Waals surface area contributed by atoms with Gasteiger partial charge in [-0.05, 0) is 55.8 Å². The van der Waals surface area contributed by atoms with Gasteiger partial charge in [0.05, 0.1) is 0 Å². The second-order valence-electron chi connectivity index (χ2n) is 4.99. The van der Waals surface area contributed by atoms with E-state index in [4.69, 9.17) is 6.42 Å². The third-order valence-corrected chi connectivity index (χ3v) is 3.90. The number of fused-ring (bicyclic) bond motifs is 1. The Bertz CT molecular complexity index is 356. The summed E-state index contributed by atoms with van der Waals surface area (Å²) in [5.41, 5.74) is 3.12. The fourth-order valence-corrected chi connectivity index (χ4v) is 2.89. The molecule has 0 amide bonds. The highest BCUT2D eigenvalue weighted by molar-refractivity contribution is 5.42. The molecular weight excluding hydrogens is 194 g/mol. The molecular formula is C15H21N. The van der Waals surface area contributed by atoms with Crippen LogP contribution in [0.15, 0.2) is 23.3 Å². The molecule has 3 atom stereocenters. The van der Waals surface area contributed by atoms with Gasteiger partial charge in [0.2, 0.25) is 0 Å². The first kappa shape index (κ1) is 11.5. The van der Waals surface area contributed by atoms with Gasteiger partial charge in [0.1, 0.15) is 0 Å². The Balaban J connectivity index is 2.12. The van der Waals surface area contributed by atoms with E-state index in [1.54, 1.807) is 5.57 Å². The maximum atomic E-state index is 5.56. The number of allylic oxidation sites excluding steroid dienone is 4. The Morgan fingerprint density at radius 3 is 3.00 bits per heavy atom. The van der Waals surface area contributed by atoms with Crippen LogP contribution >= 0.6 is 0 Å². The molecule has 0 heterocycles. The fourth-order valence-electron chi connectivity index (χ4n) is 2.89. The Morgan fingerprint density at radius 2 is 2.31 bits per heavy atom. The second kappa shape index (κ2) is 4.89. The first-order chi connectivity index (χ1) is 7.76. The van der Waals surface area contributed by atoms with E-state index in [1.165, 1.54) is 24.8 Å². The zero-order chi connectivity index (χ0) is 11.5. The number of nitrogens with one attached hydrogen (secondary N) is 1. The van der Waals surface area contributed by atoms with E-state index in [2.05, 4.69) is 30.3 Å². The van der Waals surface area contributed by atoms with Crippen LogP contribution in [0.1, 0.15) is 26.2 Å². The summed E-state index contributed by atoms with van der Waals surface area (Å²) in [5, 5.41) is 3.24. The van der Waals surface area contributed by atoms with Crippen molar-refractivity contribution in [1.29, 1.82) is 0 Å². The Morgan fingerprint density at radius 1 is 1.50 bits per heavy atom. The van der Waals surface area contributed by atoms with Crippen LogP contribution in [0.25, 0.3) is 0 Å². The van der Waals surface area contributed by atoms with Crippen molar-refractivity contribution < 1.29 is 0 Å². The molecule has 1 fully saturated rings. The number of hydrogen-bond acceptors (Lipinski definition) is 1. The Hall–Kier alpha value is -1.00. The van der Waals surface area contributed by atoms with Crippen LogP contribution in [-0.4, -0.2) is 13.6 Å². The standard InChI is InChI=1S/C15H21N/c1-4-12-10-14-6-5-13(7-8-16-3)15(14)9-11(12)2/h1,9-13,16H,5-8H2,2-3H3. The molecule has 0 aromatic rings. The van der Waals surface area contributed by atoms with Gasteiger partial charge < -0.3 is 5.32 Å². The van der Waals surface area contributed by atoms with Gasteiger partial charge in [-0.2, -0.15) is 0 Å². The molecule has 16 heavy (non-hydrogen) atoms. The van der Waals surface area contributed by atoms with Crippen molar-refractivity contribution in [3.05, 3.63) is 23.3 Å². The van der Waals surface area contributed by atoms with E-state index in [1.807, 2.05) is 7.05 Å². The van der Waals surface area contributed by atoms with Gasteiger partial charge in [-0.25, -0.2) is 0 Å². The summed E-state index contributed by atoms with van der Waals surface area (Å²) in [6.07, 6.45) is 14.1. The van der Waals surface area contributed by atoms with Crippen molar-refractivity contribution in [2.75, 3.05) is 13.6 Å². The quantitative estimate of drug-likeness (QED) is 0.714. The average molecular weight is 215 g/mol. The van der Waals surface area contributed by atoms with E-state index in [0.717, 1.165) is 12.5 Å². The highest BCUT2D eigenvalue weighted by atomic mass is 14.8. The van der Waals surface area contributed by atoms with Gasteiger partial charge in [-0.3, -0.25) is 0 Å². The summed E-state index contributed by atoms with van der Waals surface area (Å²) in [6, 6.07) is 0. The lowest BCUT2D eigenvalue weighted by Crippen LogP contribution is -2.15. The van der Waals surface area contributed by atoms with Crippen LogP contribution in [0.2, 0.25) is 0 Å². The molecule has 1 saturated carbocycles. The first-order valence-electron chi connectivity index (χ1n) is 6.29. The molecule has 0 aromatic carbocycles. The molecule has 0 aliphatic heterocycles. The van der Waals surface area contributed by atoms with E-state index in [0.29, 0.717) is 11.8 Å². The van der Waals surface area contributed by atoms with Gasteiger partial charge in [0.25, 0.3) is 0 Å². The molecule has 1 heteroatoms. The molecule has 0 spiro atoms. The predicted octanol–water partition coefficient (Wildman–Crippen LogP) is 2.76. The number of hydrogen-bond donors (Lipinski definition) is 1. The molecule has 0 aromatic heterocycles. The molecule has 1 nitrogen and oxygen atoms in total. The minimum absolute atomic E-state index is 0.321. The Kier molecular flexibility index (Phi) is 3.51. The van der Waals surface area contributed by atoms with Crippen LogP contribution in [0.4, 0.5) is 0 Å². The lowest BCUT2D eigenvalue weighted by atomic mass is 9.82. The van der Waals surface area contributed by atoms with Crippen LogP contribution in [0.3, 0.4) is 0 Å². The van der Waals surface area contributed by atoms with Crippen LogP contribution in [0, 0.1) is 30.1 Å². The minimum Gasteiger partial charge on any atom is -0.320 e. The third-order valence-electron chi connectivity index (χ3n) is 3.90. The highest BCUT2D eigenvalue weighted by Crippen LogP contribution is 2.42. The summed E-state index contributed by atoms with van der Waals surface area (Å²) in [7, 11) is 2.03. The largest absolute Gasteiger partial charge is 0.320 e. The van der Waals surface area contributed by atoms with Crippen LogP contribution < -0.4 is 5.32 Å². The molecule has 2 aliphatic carbocycles. The third kappa shape index (κ3) is 2.08. The lowest BCUT2D eigenvalue weighted by molar-refractivity contribution is 0.540. The maximum Gasteiger partial charge on any atom is 0.0446 e. The summed E-state index contributed by atoms with van der Waals surface area (Å²) in [6.45, 7) is 3.35. The maximum absolute atomic E-state index is 5.56. The molecule has 1 N–H and O–H groups in total. The highest BCUT2D eigenvalue weighted by Gasteiger charge is 2.29. The van der Waals surface area contributed by atoms with Gasteiger partial charge in [-0.1, -0.05) is 25.0 Å². The number of rotatable bonds is 3. The van der Waals surface area contributed by atoms with Crippen molar-refractivity contribution in [3.8, 4) is 12.3 Å².